The van der Waals surface area contributed by atoms with Gasteiger partial charge < -0.3 is 9.64 Å². The van der Waals surface area contributed by atoms with E-state index in [1.807, 2.05) is 12.1 Å². The minimum absolute atomic E-state index is 0.0813. The molecule has 0 bridgehead atoms. The highest BCUT2D eigenvalue weighted by Gasteiger charge is 2.27. The molecular formula is C21H23ClN2O3S. The van der Waals surface area contributed by atoms with Crippen LogP contribution in [0.4, 0.5) is 5.69 Å². The number of nitrogens with one attached hydrogen (secondary N) is 1. The van der Waals surface area contributed by atoms with E-state index < -0.39 is 10.0 Å². The van der Waals surface area contributed by atoms with Gasteiger partial charge in [0, 0.05) is 22.2 Å². The third-order valence-electron chi connectivity index (χ3n) is 5.34. The van der Waals surface area contributed by atoms with Gasteiger partial charge in [0.25, 0.3) is 10.0 Å². The van der Waals surface area contributed by atoms with Gasteiger partial charge in [-0.3, -0.25) is 4.72 Å². The minimum Gasteiger partial charge on any atom is -0.485 e. The highest BCUT2D eigenvalue weighted by atomic mass is 35.5. The Hall–Kier alpha value is -2.02. The van der Waals surface area contributed by atoms with Gasteiger partial charge >= 0.3 is 0 Å². The topological polar surface area (TPSA) is 58.6 Å². The molecule has 1 fully saturated rings. The predicted molar refractivity (Wildman–Crippen MR) is 112 cm³/mol. The Morgan fingerprint density at radius 2 is 1.82 bits per heavy atom. The molecule has 0 amide bonds. The summed E-state index contributed by atoms with van der Waals surface area (Å²) in [6.07, 6.45) is 6.45. The molecule has 0 saturated carbocycles. The van der Waals surface area contributed by atoms with E-state index in [1.165, 1.54) is 12.1 Å². The zero-order valence-corrected chi connectivity index (χ0v) is 17.2. The minimum atomic E-state index is -3.67. The molecule has 0 radical (unpaired) electrons. The Morgan fingerprint density at radius 3 is 2.54 bits per heavy atom. The molecule has 2 aliphatic heterocycles. The fourth-order valence-corrected chi connectivity index (χ4v) is 4.85. The summed E-state index contributed by atoms with van der Waals surface area (Å²) in [5.41, 5.74) is 1.38. The number of hydrogen-bond donors (Lipinski definition) is 1. The summed E-state index contributed by atoms with van der Waals surface area (Å²) in [7, 11) is -1.52. The van der Waals surface area contributed by atoms with Crippen molar-refractivity contribution in [2.75, 3.05) is 24.9 Å². The van der Waals surface area contributed by atoms with E-state index in [4.69, 9.17) is 16.3 Å². The lowest BCUT2D eigenvalue weighted by Gasteiger charge is -2.34. The monoisotopic (exact) mass is 418 g/mol. The second kappa shape index (κ2) is 7.78. The lowest BCUT2D eigenvalue weighted by Crippen LogP contribution is -2.37. The third-order valence-corrected chi connectivity index (χ3v) is 6.99. The number of hydrogen-bond acceptors (Lipinski definition) is 4. The van der Waals surface area contributed by atoms with Crippen molar-refractivity contribution in [2.24, 2.45) is 5.92 Å². The summed E-state index contributed by atoms with van der Waals surface area (Å²) in [6, 6.07) is 11.4. The smallest absolute Gasteiger partial charge is 0.261 e. The molecule has 1 N–H and O–H groups in total. The van der Waals surface area contributed by atoms with Crippen molar-refractivity contribution < 1.29 is 13.2 Å². The highest BCUT2D eigenvalue weighted by molar-refractivity contribution is 7.92. The van der Waals surface area contributed by atoms with Gasteiger partial charge in [0.05, 0.1) is 4.90 Å². The number of fused-ring (bicyclic) bond motifs is 1. The van der Waals surface area contributed by atoms with Crippen molar-refractivity contribution in [3.8, 4) is 5.75 Å². The molecular weight excluding hydrogens is 396 g/mol. The van der Waals surface area contributed by atoms with Gasteiger partial charge in [-0.05, 0) is 81.5 Å². The number of sulfonamides is 1. The van der Waals surface area contributed by atoms with E-state index >= 15 is 0 Å². The van der Waals surface area contributed by atoms with Crippen LogP contribution in [0.25, 0.3) is 6.08 Å². The van der Waals surface area contributed by atoms with Crippen LogP contribution in [0.3, 0.4) is 0 Å². The molecule has 1 saturated heterocycles. The predicted octanol–water partition coefficient (Wildman–Crippen LogP) is 4.26. The zero-order chi connectivity index (χ0) is 19.7. The van der Waals surface area contributed by atoms with Crippen molar-refractivity contribution in [2.45, 2.75) is 23.8 Å². The second-order valence-corrected chi connectivity index (χ2v) is 9.51. The van der Waals surface area contributed by atoms with Crippen LogP contribution in [0.5, 0.6) is 5.75 Å². The molecule has 0 aromatic heterocycles. The first-order valence-electron chi connectivity index (χ1n) is 9.36. The number of nitrogens with zero attached hydrogens (tertiary/aromatic N) is 1. The number of rotatable bonds is 4. The standard InChI is InChI=1S/C21H23ClN2O3S/c1-24-12-10-15(11-13-24)20-8-2-16-14-18(5-9-21(16)27-20)23-28(25,26)19-6-3-17(22)4-7-19/h2-9,14-15,20,23H,10-13H2,1H3. The summed E-state index contributed by atoms with van der Waals surface area (Å²) in [5.74, 6) is 1.31. The van der Waals surface area contributed by atoms with Gasteiger partial charge in [-0.25, -0.2) is 8.42 Å². The quantitative estimate of drug-likeness (QED) is 0.806. The van der Waals surface area contributed by atoms with Gasteiger partial charge in [-0.15, -0.1) is 0 Å². The SMILES string of the molecule is CN1CCC(C2C=Cc3cc(NS(=O)(=O)c4ccc(Cl)cc4)ccc3O2)CC1. The number of halogens is 1. The fraction of sp³-hybridized carbons (Fsp3) is 0.333. The van der Waals surface area contributed by atoms with E-state index in [1.54, 1.807) is 24.3 Å². The first kappa shape index (κ1) is 19.3. The zero-order valence-electron chi connectivity index (χ0n) is 15.6. The van der Waals surface area contributed by atoms with Crippen molar-refractivity contribution in [3.63, 3.8) is 0 Å². The number of piperidine rings is 1. The van der Waals surface area contributed by atoms with Crippen LogP contribution < -0.4 is 9.46 Å². The normalized spacial score (nSPS) is 20.4. The molecule has 2 aromatic carbocycles. The van der Waals surface area contributed by atoms with Gasteiger partial charge in [0.2, 0.25) is 0 Å². The molecule has 7 heteroatoms. The summed E-state index contributed by atoms with van der Waals surface area (Å²) in [6.45, 7) is 2.19. The Kier molecular flexibility index (Phi) is 5.36. The number of likely N-dealkylation sites (tertiary alicyclic amines) is 1. The van der Waals surface area contributed by atoms with E-state index in [9.17, 15) is 8.42 Å². The van der Waals surface area contributed by atoms with Crippen LogP contribution >= 0.6 is 11.6 Å². The average Bonchev–Trinajstić information content (AvgIpc) is 2.68. The molecule has 0 aliphatic carbocycles. The maximum absolute atomic E-state index is 12.6. The van der Waals surface area contributed by atoms with E-state index in [-0.39, 0.29) is 11.0 Å². The summed E-state index contributed by atoms with van der Waals surface area (Å²) in [5, 5.41) is 0.495. The van der Waals surface area contributed by atoms with E-state index in [2.05, 4.69) is 22.7 Å². The molecule has 1 unspecified atom stereocenters. The Labute approximate surface area is 171 Å². The largest absolute Gasteiger partial charge is 0.485 e. The van der Waals surface area contributed by atoms with Crippen LogP contribution in [0.1, 0.15) is 18.4 Å². The first-order valence-corrected chi connectivity index (χ1v) is 11.2. The van der Waals surface area contributed by atoms with Crippen molar-refractivity contribution in [1.29, 1.82) is 0 Å². The maximum atomic E-state index is 12.6. The van der Waals surface area contributed by atoms with E-state index in [0.29, 0.717) is 16.6 Å². The van der Waals surface area contributed by atoms with Crippen molar-refractivity contribution in [3.05, 3.63) is 59.1 Å². The number of anilines is 1. The van der Waals surface area contributed by atoms with Crippen molar-refractivity contribution in [1.82, 2.24) is 4.90 Å². The summed E-state index contributed by atoms with van der Waals surface area (Å²) < 4.78 is 33.9. The van der Waals surface area contributed by atoms with Gasteiger partial charge in [0.15, 0.2) is 0 Å². The molecule has 28 heavy (non-hydrogen) atoms. The molecule has 5 nitrogen and oxygen atoms in total. The average molecular weight is 419 g/mol. The fourth-order valence-electron chi connectivity index (χ4n) is 3.67. The van der Waals surface area contributed by atoms with Crippen molar-refractivity contribution >= 4 is 33.4 Å². The number of ether oxygens (including phenoxy) is 1. The van der Waals surface area contributed by atoms with Crippen LogP contribution in [0.2, 0.25) is 5.02 Å². The Morgan fingerprint density at radius 1 is 1.11 bits per heavy atom. The molecule has 148 valence electrons. The second-order valence-electron chi connectivity index (χ2n) is 7.39. The van der Waals surface area contributed by atoms with Crippen LogP contribution in [0, 0.1) is 5.92 Å². The molecule has 2 aromatic rings. The third kappa shape index (κ3) is 4.19. The highest BCUT2D eigenvalue weighted by Crippen LogP contribution is 2.34. The molecule has 1 atom stereocenters. The van der Waals surface area contributed by atoms with Gasteiger partial charge in [0.1, 0.15) is 11.9 Å². The Bertz CT molecular complexity index is 981. The molecule has 2 aliphatic rings. The number of benzene rings is 2. The molecule has 4 rings (SSSR count). The van der Waals surface area contributed by atoms with E-state index in [0.717, 1.165) is 37.2 Å². The Balaban J connectivity index is 1.48. The van der Waals surface area contributed by atoms with Crippen LogP contribution in [0.15, 0.2) is 53.4 Å². The molecule has 0 spiro atoms. The van der Waals surface area contributed by atoms with Gasteiger partial charge in [-0.2, -0.15) is 0 Å². The summed E-state index contributed by atoms with van der Waals surface area (Å²) >= 11 is 5.84. The lowest BCUT2D eigenvalue weighted by atomic mass is 9.89. The van der Waals surface area contributed by atoms with Crippen LogP contribution in [-0.4, -0.2) is 39.6 Å². The maximum Gasteiger partial charge on any atom is 0.261 e. The lowest BCUT2D eigenvalue weighted by molar-refractivity contribution is 0.114. The van der Waals surface area contributed by atoms with Gasteiger partial charge in [-0.1, -0.05) is 17.7 Å². The van der Waals surface area contributed by atoms with Crippen LogP contribution in [-0.2, 0) is 10.0 Å². The first-order chi connectivity index (χ1) is 13.4. The molecule has 2 heterocycles. The summed E-state index contributed by atoms with van der Waals surface area (Å²) in [4.78, 5) is 2.51.